The van der Waals surface area contributed by atoms with Gasteiger partial charge < -0.3 is 10.6 Å². The van der Waals surface area contributed by atoms with Gasteiger partial charge in [-0.1, -0.05) is 0 Å². The Labute approximate surface area is 93.1 Å². The van der Waals surface area contributed by atoms with Crippen LogP contribution in [-0.2, 0) is 11.3 Å². The van der Waals surface area contributed by atoms with Crippen molar-refractivity contribution in [2.75, 3.05) is 13.1 Å². The largest absolute Gasteiger partial charge is 0.349 e. The van der Waals surface area contributed by atoms with E-state index in [-0.39, 0.29) is 11.8 Å². The third-order valence-corrected chi connectivity index (χ3v) is 3.39. The number of rotatable bonds is 3. The zero-order valence-electron chi connectivity index (χ0n) is 8.53. The van der Waals surface area contributed by atoms with Gasteiger partial charge in [-0.3, -0.25) is 4.79 Å². The van der Waals surface area contributed by atoms with E-state index < -0.39 is 0 Å². The van der Waals surface area contributed by atoms with Crippen molar-refractivity contribution in [1.82, 2.24) is 15.6 Å². The van der Waals surface area contributed by atoms with Crippen molar-refractivity contribution in [2.24, 2.45) is 5.92 Å². The lowest BCUT2D eigenvalue weighted by Gasteiger charge is -2.21. The molecule has 1 amide bonds. The smallest absolute Gasteiger partial charge is 0.223 e. The van der Waals surface area contributed by atoms with Gasteiger partial charge in [-0.25, -0.2) is 4.98 Å². The number of hydrogen-bond acceptors (Lipinski definition) is 4. The van der Waals surface area contributed by atoms with Crippen molar-refractivity contribution in [3.8, 4) is 0 Å². The predicted molar refractivity (Wildman–Crippen MR) is 59.6 cm³/mol. The molecule has 2 N–H and O–H groups in total. The van der Waals surface area contributed by atoms with Crippen molar-refractivity contribution in [3.63, 3.8) is 0 Å². The van der Waals surface area contributed by atoms with Crippen molar-refractivity contribution >= 4 is 17.2 Å². The number of aromatic nitrogens is 1. The van der Waals surface area contributed by atoms with E-state index in [1.807, 2.05) is 5.38 Å². The first-order valence-electron chi connectivity index (χ1n) is 5.23. The van der Waals surface area contributed by atoms with Crippen molar-refractivity contribution < 1.29 is 4.79 Å². The Kier molecular flexibility index (Phi) is 3.69. The lowest BCUT2D eigenvalue weighted by molar-refractivity contribution is -0.125. The van der Waals surface area contributed by atoms with Crippen LogP contribution in [0, 0.1) is 5.92 Å². The molecule has 1 aliphatic rings. The molecule has 0 unspecified atom stereocenters. The molecule has 0 spiro atoms. The molecular weight excluding hydrogens is 210 g/mol. The topological polar surface area (TPSA) is 54.0 Å². The summed E-state index contributed by atoms with van der Waals surface area (Å²) in [6, 6.07) is 0. The van der Waals surface area contributed by atoms with Crippen molar-refractivity contribution in [3.05, 3.63) is 16.6 Å². The Balaban J connectivity index is 1.76. The summed E-state index contributed by atoms with van der Waals surface area (Å²) >= 11 is 1.57. The quantitative estimate of drug-likeness (QED) is 0.798. The van der Waals surface area contributed by atoms with Crippen LogP contribution in [0.5, 0.6) is 0 Å². The molecule has 0 radical (unpaired) electrons. The number of nitrogens with zero attached hydrogens (tertiary/aromatic N) is 1. The van der Waals surface area contributed by atoms with E-state index in [1.54, 1.807) is 17.5 Å². The normalized spacial score (nSPS) is 17.6. The minimum atomic E-state index is 0.173. The molecule has 4 nitrogen and oxygen atoms in total. The molecule has 0 bridgehead atoms. The van der Waals surface area contributed by atoms with Gasteiger partial charge >= 0.3 is 0 Å². The molecule has 2 rings (SSSR count). The lowest BCUT2D eigenvalue weighted by Crippen LogP contribution is -2.37. The second-order valence-corrected chi connectivity index (χ2v) is 4.65. The predicted octanol–water partition coefficient (Wildman–Crippen LogP) is 0.759. The molecule has 15 heavy (non-hydrogen) atoms. The summed E-state index contributed by atoms with van der Waals surface area (Å²) in [7, 11) is 0. The Morgan fingerprint density at radius 3 is 3.07 bits per heavy atom. The van der Waals surface area contributed by atoms with E-state index in [2.05, 4.69) is 15.6 Å². The summed E-state index contributed by atoms with van der Waals surface area (Å²) in [5.41, 5.74) is 0. The van der Waals surface area contributed by atoms with Crippen LogP contribution in [0.1, 0.15) is 17.8 Å². The maximum Gasteiger partial charge on any atom is 0.223 e. The highest BCUT2D eigenvalue weighted by Gasteiger charge is 2.20. The van der Waals surface area contributed by atoms with E-state index in [1.165, 1.54) is 0 Å². The van der Waals surface area contributed by atoms with Gasteiger partial charge in [0, 0.05) is 17.5 Å². The first-order chi connectivity index (χ1) is 7.36. The van der Waals surface area contributed by atoms with Crippen LogP contribution < -0.4 is 10.6 Å². The van der Waals surface area contributed by atoms with Crippen LogP contribution in [0.4, 0.5) is 0 Å². The van der Waals surface area contributed by atoms with E-state index in [9.17, 15) is 4.79 Å². The minimum absolute atomic E-state index is 0.173. The lowest BCUT2D eigenvalue weighted by atomic mass is 9.97. The summed E-state index contributed by atoms with van der Waals surface area (Å²) in [5, 5.41) is 9.08. The molecule has 1 aliphatic heterocycles. The van der Waals surface area contributed by atoms with Crippen LogP contribution >= 0.6 is 11.3 Å². The number of carbonyl (C=O) groups excluding carboxylic acids is 1. The molecular formula is C10H15N3OS. The fourth-order valence-corrected chi connectivity index (χ4v) is 2.29. The summed E-state index contributed by atoms with van der Waals surface area (Å²) < 4.78 is 0. The number of thiazole rings is 1. The van der Waals surface area contributed by atoms with Crippen LogP contribution in [0.15, 0.2) is 11.6 Å². The molecule has 1 saturated heterocycles. The summed E-state index contributed by atoms with van der Waals surface area (Å²) in [6.45, 7) is 2.48. The number of nitrogens with one attached hydrogen (secondary N) is 2. The Bertz CT molecular complexity index is 306. The molecule has 5 heteroatoms. The summed E-state index contributed by atoms with van der Waals surface area (Å²) in [5.74, 6) is 0.359. The average molecular weight is 225 g/mol. The SMILES string of the molecule is O=C(NCc1nccs1)C1CCNCC1. The Hall–Kier alpha value is -0.940. The number of carbonyl (C=O) groups is 1. The highest BCUT2D eigenvalue weighted by Crippen LogP contribution is 2.12. The molecule has 1 aromatic rings. The maximum absolute atomic E-state index is 11.7. The number of hydrogen-bond donors (Lipinski definition) is 2. The third-order valence-electron chi connectivity index (χ3n) is 2.61. The van der Waals surface area contributed by atoms with Gasteiger partial charge in [0.15, 0.2) is 0 Å². The molecule has 0 aromatic carbocycles. The van der Waals surface area contributed by atoms with Crippen LogP contribution in [-0.4, -0.2) is 24.0 Å². The van der Waals surface area contributed by atoms with E-state index in [0.717, 1.165) is 30.9 Å². The molecule has 0 saturated carbocycles. The second kappa shape index (κ2) is 5.23. The zero-order chi connectivity index (χ0) is 10.5. The minimum Gasteiger partial charge on any atom is -0.349 e. The molecule has 0 atom stereocenters. The fraction of sp³-hybridized carbons (Fsp3) is 0.600. The van der Waals surface area contributed by atoms with Crippen LogP contribution in [0.3, 0.4) is 0 Å². The summed E-state index contributed by atoms with van der Waals surface area (Å²) in [4.78, 5) is 15.9. The summed E-state index contributed by atoms with van der Waals surface area (Å²) in [6.07, 6.45) is 3.66. The standard InChI is InChI=1S/C10H15N3OS/c14-10(8-1-3-11-4-2-8)13-7-9-12-5-6-15-9/h5-6,8,11H,1-4,7H2,(H,13,14). The molecule has 2 heterocycles. The van der Waals surface area contributed by atoms with E-state index in [4.69, 9.17) is 0 Å². The van der Waals surface area contributed by atoms with Crippen LogP contribution in [0.25, 0.3) is 0 Å². The van der Waals surface area contributed by atoms with E-state index >= 15 is 0 Å². The maximum atomic E-state index is 11.7. The highest BCUT2D eigenvalue weighted by atomic mass is 32.1. The molecule has 0 aliphatic carbocycles. The monoisotopic (exact) mass is 225 g/mol. The number of piperidine rings is 1. The number of amides is 1. The van der Waals surface area contributed by atoms with E-state index in [0.29, 0.717) is 6.54 Å². The first-order valence-corrected chi connectivity index (χ1v) is 6.11. The van der Waals surface area contributed by atoms with Gasteiger partial charge in [-0.2, -0.15) is 0 Å². The fourth-order valence-electron chi connectivity index (χ4n) is 1.73. The molecule has 82 valence electrons. The van der Waals surface area contributed by atoms with Gasteiger partial charge in [-0.15, -0.1) is 11.3 Å². The van der Waals surface area contributed by atoms with Gasteiger partial charge in [0.05, 0.1) is 6.54 Å². The second-order valence-electron chi connectivity index (χ2n) is 3.67. The molecule has 1 fully saturated rings. The first kappa shape index (κ1) is 10.6. The highest BCUT2D eigenvalue weighted by molar-refractivity contribution is 7.09. The van der Waals surface area contributed by atoms with Gasteiger partial charge in [-0.05, 0) is 25.9 Å². The Morgan fingerprint density at radius 2 is 2.40 bits per heavy atom. The van der Waals surface area contributed by atoms with Crippen molar-refractivity contribution in [1.29, 1.82) is 0 Å². The van der Waals surface area contributed by atoms with Gasteiger partial charge in [0.1, 0.15) is 5.01 Å². The molecule has 1 aromatic heterocycles. The Morgan fingerprint density at radius 1 is 1.60 bits per heavy atom. The van der Waals surface area contributed by atoms with Gasteiger partial charge in [0.25, 0.3) is 0 Å². The van der Waals surface area contributed by atoms with Crippen molar-refractivity contribution in [2.45, 2.75) is 19.4 Å². The average Bonchev–Trinajstić information content (AvgIpc) is 2.80. The van der Waals surface area contributed by atoms with Gasteiger partial charge in [0.2, 0.25) is 5.91 Å². The van der Waals surface area contributed by atoms with Crippen LogP contribution in [0.2, 0.25) is 0 Å². The third kappa shape index (κ3) is 3.00. The zero-order valence-corrected chi connectivity index (χ0v) is 9.35.